The third-order valence-corrected chi connectivity index (χ3v) is 2.41. The van der Waals surface area contributed by atoms with Crippen LogP contribution in [0.5, 0.6) is 0 Å². The minimum atomic E-state index is -0.407. The maximum atomic E-state index is 11.7. The van der Waals surface area contributed by atoms with Crippen LogP contribution in [0.4, 0.5) is 11.6 Å². The van der Waals surface area contributed by atoms with E-state index < -0.39 is 6.04 Å². The van der Waals surface area contributed by atoms with Gasteiger partial charge in [0.25, 0.3) is 0 Å². The summed E-state index contributed by atoms with van der Waals surface area (Å²) in [6, 6.07) is 4.90. The van der Waals surface area contributed by atoms with Gasteiger partial charge in [-0.05, 0) is 24.5 Å². The van der Waals surface area contributed by atoms with Gasteiger partial charge in [-0.1, -0.05) is 19.9 Å². The van der Waals surface area contributed by atoms with E-state index >= 15 is 0 Å². The van der Waals surface area contributed by atoms with Crippen molar-refractivity contribution in [1.29, 1.82) is 0 Å². The Hall–Kier alpha value is -1.82. The highest BCUT2D eigenvalue weighted by Gasteiger charge is 2.20. The molecular formula is C12H20N4O2. The lowest BCUT2D eigenvalue weighted by atomic mass is 10.0. The Balaban J connectivity index is 2.78. The number of nitrogen functional groups attached to an aromatic ring is 1. The first kappa shape index (κ1) is 14.2. The number of anilines is 2. The summed E-state index contributed by atoms with van der Waals surface area (Å²) in [6.45, 7) is 4.09. The molecule has 0 aromatic carbocycles. The summed E-state index contributed by atoms with van der Waals surface area (Å²) in [5.41, 5.74) is 2.46. The fourth-order valence-corrected chi connectivity index (χ4v) is 1.60. The predicted molar refractivity (Wildman–Crippen MR) is 70.9 cm³/mol. The number of esters is 1. The van der Waals surface area contributed by atoms with Crippen molar-refractivity contribution < 1.29 is 9.53 Å². The molecule has 6 nitrogen and oxygen atoms in total. The second kappa shape index (κ2) is 6.80. The number of nitrogens with one attached hydrogen (secondary N) is 2. The van der Waals surface area contributed by atoms with Gasteiger partial charge in [-0.2, -0.15) is 0 Å². The summed E-state index contributed by atoms with van der Waals surface area (Å²) in [4.78, 5) is 15.9. The minimum Gasteiger partial charge on any atom is -0.467 e. The molecular weight excluding hydrogens is 232 g/mol. The number of hydrogen-bond acceptors (Lipinski definition) is 6. The number of aromatic nitrogens is 1. The zero-order chi connectivity index (χ0) is 13.5. The molecule has 4 N–H and O–H groups in total. The van der Waals surface area contributed by atoms with Crippen LogP contribution in [-0.2, 0) is 9.53 Å². The Morgan fingerprint density at radius 3 is 2.67 bits per heavy atom. The molecule has 1 aromatic heterocycles. The molecule has 6 heteroatoms. The zero-order valence-corrected chi connectivity index (χ0v) is 10.9. The Kier molecular flexibility index (Phi) is 5.38. The number of carbonyl (C=O) groups is 1. The van der Waals surface area contributed by atoms with Crippen LogP contribution in [0.1, 0.15) is 20.3 Å². The molecule has 0 aliphatic carbocycles. The van der Waals surface area contributed by atoms with Crippen LogP contribution < -0.4 is 16.6 Å². The second-order valence-electron chi connectivity index (χ2n) is 4.40. The van der Waals surface area contributed by atoms with Crippen LogP contribution in [0.3, 0.4) is 0 Å². The van der Waals surface area contributed by atoms with Gasteiger partial charge in [-0.15, -0.1) is 0 Å². The minimum absolute atomic E-state index is 0.295. The van der Waals surface area contributed by atoms with Gasteiger partial charge < -0.3 is 15.5 Å². The molecule has 1 atom stereocenters. The first-order valence-corrected chi connectivity index (χ1v) is 5.84. The van der Waals surface area contributed by atoms with E-state index in [1.165, 1.54) is 7.11 Å². The molecule has 0 amide bonds. The number of hydrogen-bond donors (Lipinski definition) is 3. The lowest BCUT2D eigenvalue weighted by molar-refractivity contribution is -0.141. The summed E-state index contributed by atoms with van der Waals surface area (Å²) in [7, 11) is 1.38. The summed E-state index contributed by atoms with van der Waals surface area (Å²) in [6.07, 6.45) is 0.675. The standard InChI is InChI=1S/C12H20N4O2/c1-8(2)7-9(12(17)18-3)14-10-5-4-6-11(15-10)16-13/h4-6,8-9H,7,13H2,1-3H3,(H2,14,15,16). The highest BCUT2D eigenvalue weighted by molar-refractivity contribution is 5.78. The molecule has 1 rings (SSSR count). The van der Waals surface area contributed by atoms with Crippen LogP contribution in [0, 0.1) is 5.92 Å². The lowest BCUT2D eigenvalue weighted by Crippen LogP contribution is -2.32. The molecule has 0 saturated heterocycles. The molecule has 100 valence electrons. The Labute approximate surface area is 107 Å². The van der Waals surface area contributed by atoms with Crippen LogP contribution >= 0.6 is 0 Å². The average Bonchev–Trinajstić information content (AvgIpc) is 2.36. The van der Waals surface area contributed by atoms with Gasteiger partial charge in [-0.25, -0.2) is 15.6 Å². The quantitative estimate of drug-likeness (QED) is 0.402. The van der Waals surface area contributed by atoms with Crippen molar-refractivity contribution in [2.45, 2.75) is 26.3 Å². The Morgan fingerprint density at radius 2 is 2.11 bits per heavy atom. The Morgan fingerprint density at radius 1 is 1.44 bits per heavy atom. The van der Waals surface area contributed by atoms with Gasteiger partial charge in [0.15, 0.2) is 0 Å². The van der Waals surface area contributed by atoms with Gasteiger partial charge in [-0.3, -0.25) is 0 Å². The summed E-state index contributed by atoms with van der Waals surface area (Å²) < 4.78 is 4.77. The van der Waals surface area contributed by atoms with E-state index in [-0.39, 0.29) is 5.97 Å². The van der Waals surface area contributed by atoms with Crippen LogP contribution in [0.2, 0.25) is 0 Å². The van der Waals surface area contributed by atoms with Gasteiger partial charge in [0, 0.05) is 0 Å². The highest BCUT2D eigenvalue weighted by atomic mass is 16.5. The number of pyridine rings is 1. The molecule has 0 fully saturated rings. The number of ether oxygens (including phenoxy) is 1. The molecule has 0 saturated carbocycles. The molecule has 1 unspecified atom stereocenters. The van der Waals surface area contributed by atoms with E-state index in [1.54, 1.807) is 18.2 Å². The molecule has 0 aliphatic heterocycles. The van der Waals surface area contributed by atoms with Crippen LogP contribution in [0.15, 0.2) is 18.2 Å². The van der Waals surface area contributed by atoms with Crippen molar-refractivity contribution in [3.63, 3.8) is 0 Å². The van der Waals surface area contributed by atoms with Crippen molar-refractivity contribution >= 4 is 17.6 Å². The van der Waals surface area contributed by atoms with E-state index in [0.717, 1.165) is 0 Å². The van der Waals surface area contributed by atoms with E-state index in [1.807, 2.05) is 13.8 Å². The fourth-order valence-electron chi connectivity index (χ4n) is 1.60. The second-order valence-corrected chi connectivity index (χ2v) is 4.40. The predicted octanol–water partition coefficient (Wildman–Crippen LogP) is 1.37. The topological polar surface area (TPSA) is 89.3 Å². The molecule has 1 aromatic rings. The summed E-state index contributed by atoms with van der Waals surface area (Å²) in [5, 5.41) is 3.05. The third-order valence-electron chi connectivity index (χ3n) is 2.41. The van der Waals surface area contributed by atoms with Crippen LogP contribution in [0.25, 0.3) is 0 Å². The summed E-state index contributed by atoms with van der Waals surface area (Å²) >= 11 is 0. The highest BCUT2D eigenvalue weighted by Crippen LogP contribution is 2.14. The van der Waals surface area contributed by atoms with Crippen LogP contribution in [-0.4, -0.2) is 24.1 Å². The molecule has 0 spiro atoms. The number of nitrogens with zero attached hydrogens (tertiary/aromatic N) is 1. The van der Waals surface area contributed by atoms with Gasteiger partial charge >= 0.3 is 5.97 Å². The van der Waals surface area contributed by atoms with E-state index in [2.05, 4.69) is 15.7 Å². The maximum Gasteiger partial charge on any atom is 0.328 e. The van der Waals surface area contributed by atoms with Crippen molar-refractivity contribution in [2.24, 2.45) is 11.8 Å². The SMILES string of the molecule is COC(=O)C(CC(C)C)Nc1cccc(NN)n1. The van der Waals surface area contributed by atoms with E-state index in [0.29, 0.717) is 24.0 Å². The zero-order valence-electron chi connectivity index (χ0n) is 10.9. The number of rotatable bonds is 6. The number of nitrogens with two attached hydrogens (primary N) is 1. The first-order valence-electron chi connectivity index (χ1n) is 5.84. The smallest absolute Gasteiger partial charge is 0.328 e. The molecule has 0 aliphatic rings. The molecule has 0 bridgehead atoms. The fraction of sp³-hybridized carbons (Fsp3) is 0.500. The largest absolute Gasteiger partial charge is 0.467 e. The number of carbonyl (C=O) groups excluding carboxylic acids is 1. The van der Waals surface area contributed by atoms with Gasteiger partial charge in [0.05, 0.1) is 7.11 Å². The number of methoxy groups -OCH3 is 1. The van der Waals surface area contributed by atoms with Crippen molar-refractivity contribution in [3.8, 4) is 0 Å². The van der Waals surface area contributed by atoms with Gasteiger partial charge in [0.2, 0.25) is 0 Å². The van der Waals surface area contributed by atoms with Gasteiger partial charge in [0.1, 0.15) is 17.7 Å². The molecule has 18 heavy (non-hydrogen) atoms. The average molecular weight is 252 g/mol. The summed E-state index contributed by atoms with van der Waals surface area (Å²) in [5.74, 6) is 6.48. The van der Waals surface area contributed by atoms with E-state index in [4.69, 9.17) is 10.6 Å². The lowest BCUT2D eigenvalue weighted by Gasteiger charge is -2.19. The molecule has 1 heterocycles. The normalized spacial score (nSPS) is 12.1. The maximum absolute atomic E-state index is 11.7. The number of hydrazine groups is 1. The third kappa shape index (κ3) is 4.21. The molecule has 0 radical (unpaired) electrons. The monoisotopic (exact) mass is 252 g/mol. The Bertz CT molecular complexity index is 395. The van der Waals surface area contributed by atoms with Crippen molar-refractivity contribution in [3.05, 3.63) is 18.2 Å². The van der Waals surface area contributed by atoms with E-state index in [9.17, 15) is 4.79 Å². The van der Waals surface area contributed by atoms with Crippen molar-refractivity contribution in [2.75, 3.05) is 17.9 Å². The van der Waals surface area contributed by atoms with Crippen molar-refractivity contribution in [1.82, 2.24) is 4.98 Å². The first-order chi connectivity index (χ1) is 8.56.